The standard InChI is InChI=1S/C32H28BrIN2O4S2/c1-5-39-31(38)26-27(19-9-7-6-8-10-19)35-32-36(28(26)20-11-13-23(41-4)14-12-20)30(37)25(42-32)16-21-15-22(33)17-24(34)29(21)40-18(2)3/h6-18,28H,5H2,1-4H3/b25-16-/t28-/m1/s1. The molecule has 1 aliphatic heterocycles. The third-order valence-electron chi connectivity index (χ3n) is 6.48. The average molecular weight is 776 g/mol. The van der Waals surface area contributed by atoms with Gasteiger partial charge in [0, 0.05) is 20.5 Å². The number of thioether (sulfide) groups is 1. The number of carbonyl (C=O) groups excluding carboxylic acids is 1. The molecule has 1 aromatic heterocycles. The number of rotatable bonds is 8. The molecule has 0 fully saturated rings. The first kappa shape index (κ1) is 30.8. The minimum Gasteiger partial charge on any atom is -0.489 e. The monoisotopic (exact) mass is 774 g/mol. The summed E-state index contributed by atoms with van der Waals surface area (Å²) in [5.41, 5.74) is 2.95. The molecule has 1 aliphatic rings. The molecule has 42 heavy (non-hydrogen) atoms. The van der Waals surface area contributed by atoms with Crippen LogP contribution in [0.2, 0.25) is 0 Å². The Morgan fingerprint density at radius 2 is 1.88 bits per heavy atom. The Hall–Kier alpha value is -2.67. The van der Waals surface area contributed by atoms with Gasteiger partial charge in [-0.2, -0.15) is 0 Å². The van der Waals surface area contributed by atoms with Crippen LogP contribution < -0.4 is 19.6 Å². The molecule has 216 valence electrons. The zero-order valence-corrected chi connectivity index (χ0v) is 28.8. The highest BCUT2D eigenvalue weighted by Crippen LogP contribution is 2.36. The van der Waals surface area contributed by atoms with Crippen molar-refractivity contribution in [2.24, 2.45) is 4.99 Å². The van der Waals surface area contributed by atoms with Crippen molar-refractivity contribution in [2.45, 2.75) is 37.8 Å². The average Bonchev–Trinajstić information content (AvgIpc) is 3.28. The highest BCUT2D eigenvalue weighted by atomic mass is 127. The summed E-state index contributed by atoms with van der Waals surface area (Å²) in [6.45, 7) is 5.92. The van der Waals surface area contributed by atoms with Gasteiger partial charge in [-0.15, -0.1) is 11.8 Å². The van der Waals surface area contributed by atoms with Gasteiger partial charge < -0.3 is 9.47 Å². The van der Waals surface area contributed by atoms with Gasteiger partial charge in [0.15, 0.2) is 4.80 Å². The Morgan fingerprint density at radius 1 is 1.17 bits per heavy atom. The van der Waals surface area contributed by atoms with Crippen LogP contribution in [0.4, 0.5) is 0 Å². The smallest absolute Gasteiger partial charge is 0.338 e. The van der Waals surface area contributed by atoms with Crippen LogP contribution in [0.15, 0.2) is 91.5 Å². The minimum absolute atomic E-state index is 0.0436. The highest BCUT2D eigenvalue weighted by molar-refractivity contribution is 14.1. The van der Waals surface area contributed by atoms with Crippen molar-refractivity contribution in [3.05, 3.63) is 117 Å². The molecule has 0 aliphatic carbocycles. The quantitative estimate of drug-likeness (QED) is 0.112. The molecule has 0 unspecified atom stereocenters. The fraction of sp³-hybridized carbons (Fsp3) is 0.219. The molecule has 0 radical (unpaired) electrons. The number of aromatic nitrogens is 1. The van der Waals surface area contributed by atoms with Crippen LogP contribution in [0, 0.1) is 3.57 Å². The van der Waals surface area contributed by atoms with E-state index in [0.717, 1.165) is 29.6 Å². The SMILES string of the molecule is CCOC(=O)C1=C(c2ccccc2)N=c2s/c(=C\c3cc(Br)cc(I)c3OC(C)C)c(=O)n2[C@@H]1c1ccc(SC)cc1. The Labute approximate surface area is 274 Å². The first-order valence-corrected chi connectivity index (χ1v) is 17.2. The van der Waals surface area contributed by atoms with E-state index in [9.17, 15) is 9.59 Å². The Bertz CT molecular complexity index is 1850. The highest BCUT2D eigenvalue weighted by Gasteiger charge is 2.35. The van der Waals surface area contributed by atoms with Gasteiger partial charge in [-0.1, -0.05) is 69.7 Å². The number of hydrogen-bond donors (Lipinski definition) is 0. The number of ether oxygens (including phenoxy) is 2. The van der Waals surface area contributed by atoms with Gasteiger partial charge in [0.2, 0.25) is 0 Å². The molecular formula is C32H28BrIN2O4S2. The molecule has 0 spiro atoms. The molecule has 4 aromatic rings. The molecule has 0 N–H and O–H groups in total. The zero-order chi connectivity index (χ0) is 30.0. The van der Waals surface area contributed by atoms with Gasteiger partial charge in [0.05, 0.1) is 38.1 Å². The van der Waals surface area contributed by atoms with E-state index >= 15 is 0 Å². The van der Waals surface area contributed by atoms with Gasteiger partial charge in [0.1, 0.15) is 5.75 Å². The van der Waals surface area contributed by atoms with Crippen LogP contribution in [-0.4, -0.2) is 29.5 Å². The molecule has 0 amide bonds. The lowest BCUT2D eigenvalue weighted by molar-refractivity contribution is -0.138. The van der Waals surface area contributed by atoms with E-state index in [0.29, 0.717) is 26.4 Å². The van der Waals surface area contributed by atoms with Gasteiger partial charge in [-0.05, 0) is 85.5 Å². The Balaban J connectivity index is 1.82. The van der Waals surface area contributed by atoms with Crippen LogP contribution in [0.1, 0.15) is 43.5 Å². The number of carbonyl (C=O) groups is 1. The van der Waals surface area contributed by atoms with E-state index in [1.54, 1.807) is 23.3 Å². The lowest BCUT2D eigenvalue weighted by Gasteiger charge is -2.26. The van der Waals surface area contributed by atoms with Crippen LogP contribution in [-0.2, 0) is 9.53 Å². The fourth-order valence-corrected chi connectivity index (χ4v) is 7.81. The number of esters is 1. The normalized spacial score (nSPS) is 15.0. The second kappa shape index (κ2) is 13.3. The molecule has 5 rings (SSSR count). The van der Waals surface area contributed by atoms with E-state index in [-0.39, 0.29) is 18.3 Å². The maximum absolute atomic E-state index is 14.2. The number of thiazole rings is 1. The summed E-state index contributed by atoms with van der Waals surface area (Å²) in [6.07, 6.45) is 3.81. The minimum atomic E-state index is -0.720. The van der Waals surface area contributed by atoms with Crippen LogP contribution in [0.25, 0.3) is 11.8 Å². The lowest BCUT2D eigenvalue weighted by Crippen LogP contribution is -2.40. The summed E-state index contributed by atoms with van der Waals surface area (Å²) in [7, 11) is 0. The van der Waals surface area contributed by atoms with Crippen molar-refractivity contribution in [1.29, 1.82) is 0 Å². The number of benzene rings is 3. The van der Waals surface area contributed by atoms with Crippen molar-refractivity contribution >= 4 is 79.4 Å². The Kier molecular flexibility index (Phi) is 9.76. The summed E-state index contributed by atoms with van der Waals surface area (Å²) >= 11 is 8.75. The second-order valence-electron chi connectivity index (χ2n) is 9.68. The van der Waals surface area contributed by atoms with E-state index in [4.69, 9.17) is 14.5 Å². The van der Waals surface area contributed by atoms with Crippen molar-refractivity contribution in [1.82, 2.24) is 4.57 Å². The van der Waals surface area contributed by atoms with Crippen molar-refractivity contribution in [3.63, 3.8) is 0 Å². The third kappa shape index (κ3) is 6.31. The summed E-state index contributed by atoms with van der Waals surface area (Å²) < 4.78 is 15.6. The second-order valence-corrected chi connectivity index (χ2v) is 13.6. The summed E-state index contributed by atoms with van der Waals surface area (Å²) in [5.74, 6) is 0.212. The van der Waals surface area contributed by atoms with E-state index in [2.05, 4.69) is 38.5 Å². The molecule has 0 bridgehead atoms. The van der Waals surface area contributed by atoms with Crippen molar-refractivity contribution in [3.8, 4) is 5.75 Å². The van der Waals surface area contributed by atoms with Crippen molar-refractivity contribution in [2.75, 3.05) is 12.9 Å². The molecule has 3 aromatic carbocycles. The van der Waals surface area contributed by atoms with Crippen LogP contribution in [0.5, 0.6) is 5.75 Å². The van der Waals surface area contributed by atoms with Gasteiger partial charge in [-0.3, -0.25) is 9.36 Å². The lowest BCUT2D eigenvalue weighted by atomic mass is 9.93. The number of nitrogens with zero attached hydrogens (tertiary/aromatic N) is 2. The summed E-state index contributed by atoms with van der Waals surface area (Å²) in [4.78, 5) is 34.4. The molecule has 2 heterocycles. The fourth-order valence-electron chi connectivity index (χ4n) is 4.73. The molecule has 0 saturated heterocycles. The van der Waals surface area contributed by atoms with E-state index in [1.807, 2.05) is 92.9 Å². The Morgan fingerprint density at radius 3 is 2.52 bits per heavy atom. The first-order chi connectivity index (χ1) is 20.2. The number of halogens is 2. The molecule has 0 saturated carbocycles. The zero-order valence-electron chi connectivity index (χ0n) is 23.4. The van der Waals surface area contributed by atoms with Crippen LogP contribution in [0.3, 0.4) is 0 Å². The number of fused-ring (bicyclic) bond motifs is 1. The molecule has 6 nitrogen and oxygen atoms in total. The van der Waals surface area contributed by atoms with E-state index < -0.39 is 12.0 Å². The van der Waals surface area contributed by atoms with Crippen molar-refractivity contribution < 1.29 is 14.3 Å². The molecule has 1 atom stereocenters. The molecular weight excluding hydrogens is 747 g/mol. The van der Waals surface area contributed by atoms with Gasteiger partial charge in [0.25, 0.3) is 5.56 Å². The topological polar surface area (TPSA) is 69.9 Å². The van der Waals surface area contributed by atoms with Gasteiger partial charge >= 0.3 is 5.97 Å². The maximum Gasteiger partial charge on any atom is 0.338 e. The predicted octanol–water partition coefficient (Wildman–Crippen LogP) is 6.81. The number of hydrogen-bond acceptors (Lipinski definition) is 7. The third-order valence-corrected chi connectivity index (χ3v) is 9.47. The van der Waals surface area contributed by atoms with E-state index in [1.165, 1.54) is 11.3 Å². The predicted molar refractivity (Wildman–Crippen MR) is 182 cm³/mol. The summed E-state index contributed by atoms with van der Waals surface area (Å²) in [5, 5.41) is 0. The molecule has 10 heteroatoms. The largest absolute Gasteiger partial charge is 0.489 e. The van der Waals surface area contributed by atoms with Crippen LogP contribution >= 0.6 is 61.6 Å². The van der Waals surface area contributed by atoms with Gasteiger partial charge in [-0.25, -0.2) is 9.79 Å². The summed E-state index contributed by atoms with van der Waals surface area (Å²) in [6, 6.07) is 20.7. The first-order valence-electron chi connectivity index (χ1n) is 13.3. The maximum atomic E-state index is 14.2.